The fourth-order valence-corrected chi connectivity index (χ4v) is 4.08. The van der Waals surface area contributed by atoms with Crippen molar-refractivity contribution >= 4 is 35.3 Å². The zero-order valence-electron chi connectivity index (χ0n) is 16.9. The predicted molar refractivity (Wildman–Crippen MR) is 113 cm³/mol. The van der Waals surface area contributed by atoms with E-state index in [1.165, 1.54) is 29.3 Å². The van der Waals surface area contributed by atoms with Crippen molar-refractivity contribution < 1.29 is 18.8 Å². The van der Waals surface area contributed by atoms with Gasteiger partial charge in [0.25, 0.3) is 5.91 Å². The van der Waals surface area contributed by atoms with Crippen molar-refractivity contribution in [2.45, 2.75) is 50.6 Å². The lowest BCUT2D eigenvalue weighted by Gasteiger charge is -2.35. The van der Waals surface area contributed by atoms with Gasteiger partial charge in [-0.3, -0.25) is 19.4 Å². The van der Waals surface area contributed by atoms with Gasteiger partial charge in [0.15, 0.2) is 0 Å². The summed E-state index contributed by atoms with van der Waals surface area (Å²) >= 11 is 5.73. The summed E-state index contributed by atoms with van der Waals surface area (Å²) in [4.78, 5) is 37.4. The molecule has 2 aliphatic rings. The third-order valence-corrected chi connectivity index (χ3v) is 5.81. The largest absolute Gasteiger partial charge is 0.338 e. The Kier molecular flexibility index (Phi) is 7.77. The maximum Gasteiger partial charge on any atom is 0.261 e. The quantitative estimate of drug-likeness (QED) is 0.654. The lowest BCUT2D eigenvalue weighted by Crippen LogP contribution is -2.59. The van der Waals surface area contributed by atoms with Crippen LogP contribution >= 0.6 is 11.6 Å². The van der Waals surface area contributed by atoms with Crippen molar-refractivity contribution in [3.63, 3.8) is 0 Å². The Hall–Kier alpha value is -2.76. The summed E-state index contributed by atoms with van der Waals surface area (Å²) in [7, 11) is 0. The van der Waals surface area contributed by atoms with Gasteiger partial charge in [0, 0.05) is 35.5 Å². The fraction of sp³-hybridized carbons (Fsp3) is 0.455. The van der Waals surface area contributed by atoms with Crippen molar-refractivity contribution in [1.29, 1.82) is 5.26 Å². The number of hydrogen-bond acceptors (Lipinski definition) is 5. The van der Waals surface area contributed by atoms with Crippen molar-refractivity contribution in [2.24, 2.45) is 5.92 Å². The number of carbonyl (C=O) groups is 3. The molecular weight excluding hydrogens is 423 g/mol. The second-order valence-corrected chi connectivity index (χ2v) is 8.19. The van der Waals surface area contributed by atoms with E-state index in [1.807, 2.05) is 6.07 Å². The van der Waals surface area contributed by atoms with E-state index < -0.39 is 29.7 Å². The Labute approximate surface area is 185 Å². The normalized spacial score (nSPS) is 22.4. The molecule has 0 bridgehead atoms. The molecule has 2 fully saturated rings. The van der Waals surface area contributed by atoms with Crippen LogP contribution in [0.5, 0.6) is 0 Å². The van der Waals surface area contributed by atoms with E-state index >= 15 is 0 Å². The van der Waals surface area contributed by atoms with E-state index in [0.29, 0.717) is 25.8 Å². The van der Waals surface area contributed by atoms with Crippen LogP contribution in [0.1, 0.15) is 44.1 Å². The standard InChI is InChI=1S/C22H24ClFN4O3/c23-16-8-6-14(18(24)12-16)7-9-21(30)28-19(4-2-10-26-28)22(31)27-17(13-25)11-15-3-1-5-20(15)29/h6-9,12,15,17,19,26H,1-5,10-11H2,(H,27,31)/b9-7+/t15-,17-,19-/m0/s1. The van der Waals surface area contributed by atoms with Crippen LogP contribution in [-0.2, 0) is 14.4 Å². The van der Waals surface area contributed by atoms with Crippen molar-refractivity contribution in [3.8, 4) is 6.07 Å². The highest BCUT2D eigenvalue weighted by atomic mass is 35.5. The Morgan fingerprint density at radius 2 is 2.19 bits per heavy atom. The van der Waals surface area contributed by atoms with E-state index in [-0.39, 0.29) is 28.7 Å². The molecular formula is C22H24ClFN4O3. The number of amides is 2. The molecule has 31 heavy (non-hydrogen) atoms. The fourth-order valence-electron chi connectivity index (χ4n) is 3.93. The number of halogens is 2. The predicted octanol–water partition coefficient (Wildman–Crippen LogP) is 2.76. The van der Waals surface area contributed by atoms with E-state index in [9.17, 15) is 24.0 Å². The van der Waals surface area contributed by atoms with Gasteiger partial charge in [0.2, 0.25) is 5.91 Å². The van der Waals surface area contributed by atoms with Crippen LogP contribution in [0.25, 0.3) is 6.08 Å². The first-order valence-corrected chi connectivity index (χ1v) is 10.7. The third kappa shape index (κ3) is 5.90. The van der Waals surface area contributed by atoms with Gasteiger partial charge in [-0.25, -0.2) is 9.82 Å². The molecule has 0 radical (unpaired) electrons. The van der Waals surface area contributed by atoms with Crippen LogP contribution < -0.4 is 10.7 Å². The number of rotatable bonds is 6. The molecule has 1 aliphatic heterocycles. The molecule has 1 saturated carbocycles. The molecule has 1 saturated heterocycles. The average molecular weight is 447 g/mol. The second-order valence-electron chi connectivity index (χ2n) is 7.75. The summed E-state index contributed by atoms with van der Waals surface area (Å²) in [6.07, 6.45) is 5.95. The molecule has 3 rings (SSSR count). The molecule has 2 amide bonds. The number of nitrogens with one attached hydrogen (secondary N) is 2. The molecule has 0 aromatic heterocycles. The summed E-state index contributed by atoms with van der Waals surface area (Å²) < 4.78 is 13.9. The van der Waals surface area contributed by atoms with E-state index in [2.05, 4.69) is 10.7 Å². The summed E-state index contributed by atoms with van der Waals surface area (Å²) in [5.74, 6) is -1.59. The summed E-state index contributed by atoms with van der Waals surface area (Å²) in [5.41, 5.74) is 3.10. The van der Waals surface area contributed by atoms with Gasteiger partial charge in [-0.05, 0) is 50.3 Å². The molecule has 0 spiro atoms. The summed E-state index contributed by atoms with van der Waals surface area (Å²) in [5, 5.41) is 13.6. The summed E-state index contributed by atoms with van der Waals surface area (Å²) in [6.45, 7) is 0.511. The minimum absolute atomic E-state index is 0.130. The van der Waals surface area contributed by atoms with E-state index in [0.717, 1.165) is 18.9 Å². The molecule has 1 heterocycles. The second kappa shape index (κ2) is 10.5. The molecule has 1 aromatic rings. The average Bonchev–Trinajstić information content (AvgIpc) is 3.16. The van der Waals surface area contributed by atoms with Crippen molar-refractivity contribution in [1.82, 2.24) is 15.8 Å². The SMILES string of the molecule is N#C[C@H](C[C@@H]1CCCC1=O)NC(=O)[C@@H]1CCCNN1C(=O)/C=C/c1ccc(Cl)cc1F. The van der Waals surface area contributed by atoms with Gasteiger partial charge in [0.05, 0.1) is 6.07 Å². The maximum absolute atomic E-state index is 13.9. The minimum atomic E-state index is -0.809. The van der Waals surface area contributed by atoms with Gasteiger partial charge < -0.3 is 5.32 Å². The first-order valence-electron chi connectivity index (χ1n) is 10.3. The van der Waals surface area contributed by atoms with Crippen molar-refractivity contribution in [3.05, 3.63) is 40.7 Å². The first-order chi connectivity index (χ1) is 14.9. The number of carbonyl (C=O) groups excluding carboxylic acids is 3. The van der Waals surface area contributed by atoms with Gasteiger partial charge in [-0.1, -0.05) is 17.7 Å². The van der Waals surface area contributed by atoms with Gasteiger partial charge in [-0.2, -0.15) is 5.26 Å². The number of hydrogen-bond donors (Lipinski definition) is 2. The number of hydrazine groups is 1. The Balaban J connectivity index is 1.65. The highest BCUT2D eigenvalue weighted by Gasteiger charge is 2.34. The van der Waals surface area contributed by atoms with Crippen molar-refractivity contribution in [2.75, 3.05) is 6.54 Å². The molecule has 2 N–H and O–H groups in total. The molecule has 7 nitrogen and oxygen atoms in total. The number of ketones is 1. The zero-order valence-corrected chi connectivity index (χ0v) is 17.7. The van der Waals surface area contributed by atoms with Crippen LogP contribution in [-0.4, -0.2) is 41.2 Å². The lowest BCUT2D eigenvalue weighted by atomic mass is 9.97. The molecule has 1 aliphatic carbocycles. The molecule has 3 atom stereocenters. The third-order valence-electron chi connectivity index (χ3n) is 5.58. The smallest absolute Gasteiger partial charge is 0.261 e. The summed E-state index contributed by atoms with van der Waals surface area (Å²) in [6, 6.07) is 4.56. The number of nitriles is 1. The Morgan fingerprint density at radius 3 is 2.87 bits per heavy atom. The van der Waals surface area contributed by atoms with Gasteiger partial charge in [-0.15, -0.1) is 0 Å². The zero-order chi connectivity index (χ0) is 22.4. The van der Waals surface area contributed by atoms with Crippen LogP contribution in [0.3, 0.4) is 0 Å². The number of benzene rings is 1. The Morgan fingerprint density at radius 1 is 1.39 bits per heavy atom. The van der Waals surface area contributed by atoms with Crippen LogP contribution in [0, 0.1) is 23.1 Å². The van der Waals surface area contributed by atoms with Crippen LogP contribution in [0.4, 0.5) is 4.39 Å². The minimum Gasteiger partial charge on any atom is -0.338 e. The van der Waals surface area contributed by atoms with Crippen LogP contribution in [0.2, 0.25) is 5.02 Å². The molecule has 9 heteroatoms. The topological polar surface area (TPSA) is 102 Å². The Bertz CT molecular complexity index is 930. The number of Topliss-reactive ketones (excluding diaryl/α,β-unsaturated/α-hetero) is 1. The van der Waals surface area contributed by atoms with E-state index in [4.69, 9.17) is 11.6 Å². The maximum atomic E-state index is 13.9. The van der Waals surface area contributed by atoms with Gasteiger partial charge >= 0.3 is 0 Å². The van der Waals surface area contributed by atoms with Crippen LogP contribution in [0.15, 0.2) is 24.3 Å². The lowest BCUT2D eigenvalue weighted by molar-refractivity contribution is -0.143. The van der Waals surface area contributed by atoms with E-state index in [1.54, 1.807) is 0 Å². The van der Waals surface area contributed by atoms with Gasteiger partial charge in [0.1, 0.15) is 23.7 Å². The highest BCUT2D eigenvalue weighted by molar-refractivity contribution is 6.30. The monoisotopic (exact) mass is 446 g/mol. The highest BCUT2D eigenvalue weighted by Crippen LogP contribution is 2.25. The first kappa shape index (κ1) is 22.9. The molecule has 164 valence electrons. The number of nitrogens with zero attached hydrogens (tertiary/aromatic N) is 2. The molecule has 1 aromatic carbocycles. The molecule has 0 unspecified atom stereocenters.